The fourth-order valence-corrected chi connectivity index (χ4v) is 3.91. The van der Waals surface area contributed by atoms with E-state index in [-0.39, 0.29) is 60.8 Å². The maximum atomic E-state index is 13.5. The summed E-state index contributed by atoms with van der Waals surface area (Å²) in [6.45, 7) is -0.305. The molecule has 16 nitrogen and oxygen atoms in total. The molecular weight excluding hydrogens is 728 g/mol. The zero-order chi connectivity index (χ0) is 41.1. The number of alkyl halides is 6. The van der Waals surface area contributed by atoms with Crippen LogP contribution in [0.5, 0.6) is 5.75 Å². The second-order valence-corrected chi connectivity index (χ2v) is 10.2. The number of amidine groups is 1. The molecule has 1 heterocycles. The number of amides is 1. The lowest BCUT2D eigenvalue weighted by Crippen LogP contribution is -2.35. The van der Waals surface area contributed by atoms with Gasteiger partial charge in [0.25, 0.3) is 12.0 Å². The van der Waals surface area contributed by atoms with E-state index in [0.29, 0.717) is 16.7 Å². The number of halogens is 6. The monoisotopic (exact) mass is 765 g/mol. The molecule has 0 atom stereocenters. The van der Waals surface area contributed by atoms with Gasteiger partial charge in [-0.15, -0.1) is 0 Å². The molecule has 1 amide bonds. The van der Waals surface area contributed by atoms with Crippen molar-refractivity contribution in [3.05, 3.63) is 69.6 Å². The molecule has 0 fully saturated rings. The zero-order valence-corrected chi connectivity index (χ0v) is 28.5. The third-order valence-corrected chi connectivity index (χ3v) is 6.01. The van der Waals surface area contributed by atoms with Crippen LogP contribution in [0.4, 0.5) is 37.8 Å². The number of nitrogen functional groups attached to an aromatic ring is 2. The Bertz CT molecular complexity index is 1750. The van der Waals surface area contributed by atoms with Gasteiger partial charge in [-0.25, -0.2) is 9.78 Å². The molecule has 0 saturated heterocycles. The van der Waals surface area contributed by atoms with Gasteiger partial charge in [-0.2, -0.15) is 26.3 Å². The lowest BCUT2D eigenvalue weighted by atomic mass is 10.0. The van der Waals surface area contributed by atoms with Crippen molar-refractivity contribution in [2.24, 2.45) is 5.73 Å². The third kappa shape index (κ3) is 16.9. The molecule has 0 spiro atoms. The first-order valence-electron chi connectivity index (χ1n) is 14.5. The Morgan fingerprint density at radius 3 is 2.04 bits per heavy atom. The molecule has 9 N–H and O–H groups in total. The number of ether oxygens (including phenoxy) is 2. The lowest BCUT2D eigenvalue weighted by molar-refractivity contribution is -0.192. The molecule has 3 aromatic rings. The van der Waals surface area contributed by atoms with Crippen LogP contribution in [0.15, 0.2) is 47.4 Å². The number of rotatable bonds is 11. The van der Waals surface area contributed by atoms with Crippen molar-refractivity contribution in [1.82, 2.24) is 14.9 Å². The van der Waals surface area contributed by atoms with E-state index in [1.165, 1.54) is 25.0 Å². The van der Waals surface area contributed by atoms with Gasteiger partial charge in [0.05, 0.1) is 38.2 Å². The highest BCUT2D eigenvalue weighted by Gasteiger charge is 2.38. The average molecular weight is 766 g/mol. The summed E-state index contributed by atoms with van der Waals surface area (Å²) in [5.74, 6) is -3.34. The van der Waals surface area contributed by atoms with E-state index in [4.69, 9.17) is 46.2 Å². The quantitative estimate of drug-likeness (QED) is 0.0370. The number of carbonyl (C=O) groups excluding carboxylic acids is 2. The molecule has 53 heavy (non-hydrogen) atoms. The van der Waals surface area contributed by atoms with Crippen molar-refractivity contribution in [3.8, 4) is 17.0 Å². The first-order chi connectivity index (χ1) is 24.6. The smallest absolute Gasteiger partial charge is 0.490 e. The maximum Gasteiger partial charge on any atom is 0.490 e. The number of methoxy groups -OCH3 is 2. The molecular formula is C31H37F6N7O9. The number of hydrogen-bond donors (Lipinski definition) is 7. The first kappa shape index (κ1) is 46.6. The molecule has 22 heteroatoms. The van der Waals surface area contributed by atoms with Crippen molar-refractivity contribution >= 4 is 41.7 Å². The SMILES string of the molecule is COC(=O)Cc1cc(N)c(OC)c(-c2cnc(NC(C)C)c(=O)n2CC(=O)NCc2ccc(C(=N)N)cc2)c1.FC(F)F.O=C(O)C(F)(F)F.O=CO. The summed E-state index contributed by atoms with van der Waals surface area (Å²) < 4.78 is 72.3. The van der Waals surface area contributed by atoms with Gasteiger partial charge in [0, 0.05) is 23.7 Å². The molecule has 0 aliphatic carbocycles. The van der Waals surface area contributed by atoms with E-state index >= 15 is 0 Å². The Balaban J connectivity index is 0.00000164. The van der Waals surface area contributed by atoms with Crippen LogP contribution in [-0.2, 0) is 43.4 Å². The van der Waals surface area contributed by atoms with Crippen LogP contribution in [0.25, 0.3) is 11.3 Å². The van der Waals surface area contributed by atoms with Gasteiger partial charge in [0.2, 0.25) is 5.91 Å². The van der Waals surface area contributed by atoms with Gasteiger partial charge in [-0.1, -0.05) is 24.3 Å². The van der Waals surface area contributed by atoms with E-state index in [2.05, 4.69) is 15.6 Å². The first-order valence-corrected chi connectivity index (χ1v) is 14.5. The Kier molecular flexibility index (Phi) is 19.8. The topological polar surface area (TPSA) is 262 Å². The second-order valence-electron chi connectivity index (χ2n) is 10.2. The van der Waals surface area contributed by atoms with Crippen LogP contribution >= 0.6 is 0 Å². The number of carboxylic acid groups (broad SMARTS) is 2. The Hall–Kier alpha value is -6.35. The summed E-state index contributed by atoms with van der Waals surface area (Å²) >= 11 is 0. The van der Waals surface area contributed by atoms with E-state index in [1.807, 2.05) is 13.8 Å². The standard InChI is InChI=1S/C27H33N7O5.C2HF3O2.CHF3.CH2O2/c1-15(2)33-26-27(37)34(14-22(35)31-12-16-5-7-18(8-6-16)25(29)30)21(13-32-26)19-9-17(11-23(36)38-3)10-20(28)24(19)39-4;3-2(4,5)1(6)7;2-1(3)4;2-1-3/h5-10,13,15H,11-12,14,28H2,1-4H3,(H3,29,30)(H,31,35)(H,32,33);(H,6,7);1H;1H,(H,2,3). The number of carbonyl (C=O) groups is 4. The third-order valence-electron chi connectivity index (χ3n) is 6.01. The van der Waals surface area contributed by atoms with Crippen LogP contribution < -0.4 is 32.4 Å². The summed E-state index contributed by atoms with van der Waals surface area (Å²) in [4.78, 5) is 60.0. The van der Waals surface area contributed by atoms with Gasteiger partial charge in [-0.3, -0.25) is 29.2 Å². The Morgan fingerprint density at radius 2 is 1.60 bits per heavy atom. The fraction of sp³-hybridized carbons (Fsp3) is 0.323. The van der Waals surface area contributed by atoms with Crippen LogP contribution in [0.3, 0.4) is 0 Å². The second kappa shape index (κ2) is 22.5. The summed E-state index contributed by atoms with van der Waals surface area (Å²) in [7, 11) is 2.72. The Morgan fingerprint density at radius 1 is 1.08 bits per heavy atom. The summed E-state index contributed by atoms with van der Waals surface area (Å²) in [6, 6.07) is 10.1. The van der Waals surface area contributed by atoms with Gasteiger partial charge in [0.15, 0.2) is 11.6 Å². The summed E-state index contributed by atoms with van der Waals surface area (Å²) in [6.07, 6.45) is -3.68. The Labute approximate surface area is 297 Å². The van der Waals surface area contributed by atoms with E-state index in [9.17, 15) is 40.7 Å². The predicted molar refractivity (Wildman–Crippen MR) is 178 cm³/mol. The molecule has 2 aromatic carbocycles. The van der Waals surface area contributed by atoms with Crippen LogP contribution in [0, 0.1) is 5.41 Å². The van der Waals surface area contributed by atoms with E-state index in [1.54, 1.807) is 36.4 Å². The molecule has 292 valence electrons. The highest BCUT2D eigenvalue weighted by Crippen LogP contribution is 2.36. The van der Waals surface area contributed by atoms with Crippen LogP contribution in [0.2, 0.25) is 0 Å². The highest BCUT2D eigenvalue weighted by atomic mass is 19.4. The number of nitrogens with zero attached hydrogens (tertiary/aromatic N) is 2. The van der Waals surface area contributed by atoms with Crippen molar-refractivity contribution in [2.75, 3.05) is 25.3 Å². The lowest BCUT2D eigenvalue weighted by Gasteiger charge is -2.19. The highest BCUT2D eigenvalue weighted by molar-refractivity contribution is 5.94. The minimum Gasteiger partial charge on any atom is -0.494 e. The molecule has 0 unspecified atom stereocenters. The van der Waals surface area contributed by atoms with Gasteiger partial charge < -0.3 is 41.8 Å². The molecule has 0 aliphatic heterocycles. The van der Waals surface area contributed by atoms with Gasteiger partial charge in [0.1, 0.15) is 12.4 Å². The number of carboxylic acids is 1. The minimum absolute atomic E-state index is 0.0484. The number of esters is 1. The number of hydrogen-bond acceptors (Lipinski definition) is 11. The minimum atomic E-state index is -5.08. The molecule has 0 radical (unpaired) electrons. The summed E-state index contributed by atoms with van der Waals surface area (Å²) in [5, 5.41) is 27.3. The molecule has 0 aliphatic rings. The van der Waals surface area contributed by atoms with E-state index < -0.39 is 36.3 Å². The normalized spacial score (nSPS) is 10.3. The largest absolute Gasteiger partial charge is 0.494 e. The molecule has 0 bridgehead atoms. The maximum absolute atomic E-state index is 13.5. The predicted octanol–water partition coefficient (Wildman–Crippen LogP) is 3.15. The van der Waals surface area contributed by atoms with Crippen molar-refractivity contribution in [1.29, 1.82) is 5.41 Å². The van der Waals surface area contributed by atoms with Crippen molar-refractivity contribution < 1.29 is 65.2 Å². The number of anilines is 2. The fourth-order valence-electron chi connectivity index (χ4n) is 3.91. The van der Waals surface area contributed by atoms with Crippen molar-refractivity contribution in [3.63, 3.8) is 0 Å². The van der Waals surface area contributed by atoms with Crippen LogP contribution in [0.1, 0.15) is 30.5 Å². The molecule has 0 saturated carbocycles. The number of aliphatic carboxylic acids is 1. The van der Waals surface area contributed by atoms with Gasteiger partial charge in [-0.05, 0) is 37.1 Å². The summed E-state index contributed by atoms with van der Waals surface area (Å²) in [5.41, 5.74) is 14.0. The number of benzene rings is 2. The number of aromatic nitrogens is 2. The number of nitrogens with two attached hydrogens (primary N) is 2. The number of nitrogens with one attached hydrogen (secondary N) is 3. The van der Waals surface area contributed by atoms with Crippen molar-refractivity contribution in [2.45, 2.75) is 52.3 Å². The molecule has 1 aromatic heterocycles. The van der Waals surface area contributed by atoms with Gasteiger partial charge >= 0.3 is 24.8 Å². The zero-order valence-electron chi connectivity index (χ0n) is 28.5. The van der Waals surface area contributed by atoms with E-state index in [0.717, 1.165) is 5.56 Å². The average Bonchev–Trinajstić information content (AvgIpc) is 3.05. The molecule has 3 rings (SSSR count). The van der Waals surface area contributed by atoms with Crippen LogP contribution in [-0.4, -0.2) is 83.0 Å².